The van der Waals surface area contributed by atoms with Crippen LogP contribution in [0.25, 0.3) is 0 Å². The van der Waals surface area contributed by atoms with E-state index in [-0.39, 0.29) is 11.9 Å². The molecule has 0 bridgehead atoms. The highest BCUT2D eigenvalue weighted by atomic mass is 16.5. The van der Waals surface area contributed by atoms with Crippen LogP contribution < -0.4 is 0 Å². The molecule has 1 heterocycles. The fourth-order valence-electron chi connectivity index (χ4n) is 2.72. The molecular weight excluding hydrogens is 212 g/mol. The number of ketones is 1. The van der Waals surface area contributed by atoms with Gasteiger partial charge in [0.05, 0.1) is 0 Å². The zero-order valence-corrected chi connectivity index (χ0v) is 9.76. The Kier molecular flexibility index (Phi) is 2.71. The standard InChI is InChI=1S/C15H16O2/c16-15(11-6-2-1-3-7-11)14-10-12-8-4-5-9-13(12)17-14/h1-3,6-7,10,12-13H,4-5,8-9H2/t12-,13+/m1/s1. The molecule has 3 rings (SSSR count). The highest BCUT2D eigenvalue weighted by Crippen LogP contribution is 2.35. The SMILES string of the molecule is O=C(C1=C[C@H]2CCCC[C@@H]2O1)c1ccccc1. The first-order valence-electron chi connectivity index (χ1n) is 6.33. The van der Waals surface area contributed by atoms with Crippen molar-refractivity contribution in [3.8, 4) is 0 Å². The second-order valence-corrected chi connectivity index (χ2v) is 4.83. The molecule has 0 radical (unpaired) electrons. The number of hydrogen-bond acceptors (Lipinski definition) is 2. The lowest BCUT2D eigenvalue weighted by Gasteiger charge is -2.23. The number of ether oxygens (including phenoxy) is 1. The van der Waals surface area contributed by atoms with Crippen LogP contribution in [-0.4, -0.2) is 11.9 Å². The largest absolute Gasteiger partial charge is 0.486 e. The van der Waals surface area contributed by atoms with Crippen molar-refractivity contribution in [1.29, 1.82) is 0 Å². The molecule has 2 aliphatic rings. The van der Waals surface area contributed by atoms with Crippen LogP contribution in [0.4, 0.5) is 0 Å². The van der Waals surface area contributed by atoms with Crippen molar-refractivity contribution >= 4 is 5.78 Å². The molecule has 1 fully saturated rings. The number of fused-ring (bicyclic) bond motifs is 1. The van der Waals surface area contributed by atoms with Crippen molar-refractivity contribution in [3.63, 3.8) is 0 Å². The van der Waals surface area contributed by atoms with E-state index in [1.807, 2.05) is 36.4 Å². The summed E-state index contributed by atoms with van der Waals surface area (Å²) < 4.78 is 5.79. The van der Waals surface area contributed by atoms with Crippen molar-refractivity contribution in [2.45, 2.75) is 31.8 Å². The number of Topliss-reactive ketones (excluding diaryl/α,β-unsaturated/α-hetero) is 1. The molecule has 0 N–H and O–H groups in total. The smallest absolute Gasteiger partial charge is 0.227 e. The van der Waals surface area contributed by atoms with E-state index in [2.05, 4.69) is 0 Å². The number of hydrogen-bond donors (Lipinski definition) is 0. The summed E-state index contributed by atoms with van der Waals surface area (Å²) in [6.45, 7) is 0. The summed E-state index contributed by atoms with van der Waals surface area (Å²) in [5.74, 6) is 1.06. The molecule has 2 atom stereocenters. The van der Waals surface area contributed by atoms with Crippen LogP contribution in [0.3, 0.4) is 0 Å². The molecular formula is C15H16O2. The Bertz CT molecular complexity index is 447. The molecule has 1 aliphatic carbocycles. The molecule has 2 heteroatoms. The van der Waals surface area contributed by atoms with E-state index < -0.39 is 0 Å². The van der Waals surface area contributed by atoms with Crippen LogP contribution in [0.15, 0.2) is 42.2 Å². The van der Waals surface area contributed by atoms with E-state index in [1.54, 1.807) is 0 Å². The molecule has 1 saturated carbocycles. The summed E-state index contributed by atoms with van der Waals surface area (Å²) in [5, 5.41) is 0. The van der Waals surface area contributed by atoms with Gasteiger partial charge in [-0.3, -0.25) is 4.79 Å². The Hall–Kier alpha value is -1.57. The number of carbonyl (C=O) groups excluding carboxylic acids is 1. The van der Waals surface area contributed by atoms with Crippen molar-refractivity contribution in [2.75, 3.05) is 0 Å². The average Bonchev–Trinajstić information content (AvgIpc) is 2.82. The lowest BCUT2D eigenvalue weighted by atomic mass is 9.87. The zero-order valence-electron chi connectivity index (χ0n) is 9.76. The zero-order chi connectivity index (χ0) is 11.7. The van der Waals surface area contributed by atoms with Gasteiger partial charge in [-0.15, -0.1) is 0 Å². The van der Waals surface area contributed by atoms with Gasteiger partial charge < -0.3 is 4.74 Å². The first-order valence-corrected chi connectivity index (χ1v) is 6.33. The summed E-state index contributed by atoms with van der Waals surface area (Å²) in [5.41, 5.74) is 0.720. The Labute approximate surface area is 101 Å². The fourth-order valence-corrected chi connectivity index (χ4v) is 2.72. The second-order valence-electron chi connectivity index (χ2n) is 4.83. The molecule has 1 aliphatic heterocycles. The number of carbonyl (C=O) groups is 1. The molecule has 2 nitrogen and oxygen atoms in total. The van der Waals surface area contributed by atoms with Crippen LogP contribution in [0, 0.1) is 5.92 Å². The van der Waals surface area contributed by atoms with Gasteiger partial charge in [-0.25, -0.2) is 0 Å². The predicted octanol–water partition coefficient (Wildman–Crippen LogP) is 3.34. The maximum absolute atomic E-state index is 12.2. The average molecular weight is 228 g/mol. The minimum atomic E-state index is 0.0278. The molecule has 0 amide bonds. The van der Waals surface area contributed by atoms with Gasteiger partial charge in [0.15, 0.2) is 5.76 Å². The summed E-state index contributed by atoms with van der Waals surface area (Å²) in [6.07, 6.45) is 7.03. The van der Waals surface area contributed by atoms with Gasteiger partial charge in [0.1, 0.15) is 6.10 Å². The fraction of sp³-hybridized carbons (Fsp3) is 0.400. The highest BCUT2D eigenvalue weighted by molar-refractivity contribution is 6.07. The number of benzene rings is 1. The Morgan fingerprint density at radius 3 is 2.65 bits per heavy atom. The maximum atomic E-state index is 12.2. The van der Waals surface area contributed by atoms with Gasteiger partial charge in [0.2, 0.25) is 5.78 Å². The van der Waals surface area contributed by atoms with Crippen LogP contribution in [0.5, 0.6) is 0 Å². The Balaban J connectivity index is 1.80. The molecule has 0 spiro atoms. The summed E-state index contributed by atoms with van der Waals surface area (Å²) >= 11 is 0. The van der Waals surface area contributed by atoms with Crippen LogP contribution in [-0.2, 0) is 4.74 Å². The third kappa shape index (κ3) is 1.99. The van der Waals surface area contributed by atoms with E-state index in [0.717, 1.165) is 18.4 Å². The second kappa shape index (κ2) is 4.36. The van der Waals surface area contributed by atoms with Gasteiger partial charge in [-0.05, 0) is 25.3 Å². The minimum Gasteiger partial charge on any atom is -0.486 e. The third-order valence-electron chi connectivity index (χ3n) is 3.66. The predicted molar refractivity (Wildman–Crippen MR) is 65.7 cm³/mol. The van der Waals surface area contributed by atoms with Crippen molar-refractivity contribution in [2.24, 2.45) is 5.92 Å². The molecule has 0 unspecified atom stereocenters. The van der Waals surface area contributed by atoms with E-state index >= 15 is 0 Å². The maximum Gasteiger partial charge on any atom is 0.227 e. The van der Waals surface area contributed by atoms with Crippen LogP contribution in [0.2, 0.25) is 0 Å². The monoisotopic (exact) mass is 228 g/mol. The third-order valence-corrected chi connectivity index (χ3v) is 3.66. The minimum absolute atomic E-state index is 0.0278. The molecule has 0 saturated heterocycles. The lowest BCUT2D eigenvalue weighted by molar-refractivity contribution is 0.0663. The molecule has 17 heavy (non-hydrogen) atoms. The first kappa shape index (κ1) is 10.6. The highest BCUT2D eigenvalue weighted by Gasteiger charge is 2.33. The Morgan fingerprint density at radius 1 is 1.12 bits per heavy atom. The summed E-state index contributed by atoms with van der Waals surface area (Å²) in [7, 11) is 0. The number of rotatable bonds is 2. The lowest BCUT2D eigenvalue weighted by Crippen LogP contribution is -2.21. The normalized spacial score (nSPS) is 26.9. The van der Waals surface area contributed by atoms with Crippen molar-refractivity contribution in [1.82, 2.24) is 0 Å². The quantitative estimate of drug-likeness (QED) is 0.726. The van der Waals surface area contributed by atoms with E-state index in [1.165, 1.54) is 12.8 Å². The molecule has 1 aromatic rings. The molecule has 88 valence electrons. The van der Waals surface area contributed by atoms with Gasteiger partial charge in [-0.1, -0.05) is 36.8 Å². The van der Waals surface area contributed by atoms with Crippen molar-refractivity contribution in [3.05, 3.63) is 47.7 Å². The van der Waals surface area contributed by atoms with Gasteiger partial charge >= 0.3 is 0 Å². The molecule has 0 aromatic heterocycles. The van der Waals surface area contributed by atoms with E-state index in [9.17, 15) is 4.79 Å². The number of allylic oxidation sites excluding steroid dienone is 1. The molecule has 1 aromatic carbocycles. The summed E-state index contributed by atoms with van der Waals surface area (Å²) in [4.78, 5) is 12.2. The van der Waals surface area contributed by atoms with Gasteiger partial charge in [-0.2, -0.15) is 0 Å². The van der Waals surface area contributed by atoms with Crippen molar-refractivity contribution < 1.29 is 9.53 Å². The van der Waals surface area contributed by atoms with Gasteiger partial charge in [0, 0.05) is 11.5 Å². The Morgan fingerprint density at radius 2 is 1.88 bits per heavy atom. The van der Waals surface area contributed by atoms with E-state index in [4.69, 9.17) is 4.74 Å². The van der Waals surface area contributed by atoms with E-state index in [0.29, 0.717) is 11.7 Å². The van der Waals surface area contributed by atoms with Crippen LogP contribution in [0.1, 0.15) is 36.0 Å². The van der Waals surface area contributed by atoms with Crippen LogP contribution >= 0.6 is 0 Å². The van der Waals surface area contributed by atoms with Gasteiger partial charge in [0.25, 0.3) is 0 Å². The first-order chi connectivity index (χ1) is 8.34. The topological polar surface area (TPSA) is 26.3 Å². The summed E-state index contributed by atoms with van der Waals surface area (Å²) in [6, 6.07) is 9.37.